The highest BCUT2D eigenvalue weighted by Gasteiger charge is 2.07. The van der Waals surface area contributed by atoms with Gasteiger partial charge >= 0.3 is 0 Å². The van der Waals surface area contributed by atoms with Gasteiger partial charge in [-0.3, -0.25) is 0 Å². The molecule has 108 valence electrons. The molecule has 1 heterocycles. The average molecular weight is 289 g/mol. The van der Waals surface area contributed by atoms with Crippen LogP contribution in [0.25, 0.3) is 0 Å². The van der Waals surface area contributed by atoms with Crippen LogP contribution < -0.4 is 5.32 Å². The maximum Gasteiger partial charge on any atom is 0.118 e. The third-order valence-electron chi connectivity index (χ3n) is 3.47. The van der Waals surface area contributed by atoms with Crippen molar-refractivity contribution in [3.8, 4) is 0 Å². The van der Waals surface area contributed by atoms with E-state index in [2.05, 4.69) is 61.8 Å². The molecule has 2 rings (SSSR count). The lowest BCUT2D eigenvalue weighted by atomic mass is 10.1. The first kappa shape index (κ1) is 15.2. The second-order valence-corrected chi connectivity index (χ2v) is 5.86. The molecule has 2 aromatic rings. The van der Waals surface area contributed by atoms with E-state index in [1.54, 1.807) is 11.8 Å². The van der Waals surface area contributed by atoms with Gasteiger partial charge in [-0.25, -0.2) is 0 Å². The first-order valence-electron chi connectivity index (χ1n) is 7.11. The van der Waals surface area contributed by atoms with Crippen LogP contribution in [-0.2, 0) is 18.7 Å². The Morgan fingerprint density at radius 1 is 1.10 bits per heavy atom. The fraction of sp³-hybridized carbons (Fsp3) is 0.412. The van der Waals surface area contributed by atoms with Gasteiger partial charge in [0.2, 0.25) is 0 Å². The van der Waals surface area contributed by atoms with Crippen molar-refractivity contribution >= 4 is 11.8 Å². The highest BCUT2D eigenvalue weighted by atomic mass is 32.2. The number of rotatable bonds is 7. The van der Waals surface area contributed by atoms with Crippen LogP contribution in [0.1, 0.15) is 42.5 Å². The Labute approximate surface area is 126 Å². The van der Waals surface area contributed by atoms with Crippen molar-refractivity contribution in [2.24, 2.45) is 0 Å². The van der Waals surface area contributed by atoms with E-state index in [4.69, 9.17) is 4.42 Å². The van der Waals surface area contributed by atoms with E-state index in [1.165, 1.54) is 11.1 Å². The molecule has 1 aromatic carbocycles. The predicted octanol–water partition coefficient (Wildman–Crippen LogP) is 4.56. The molecule has 0 aliphatic carbocycles. The van der Waals surface area contributed by atoms with Gasteiger partial charge in [-0.1, -0.05) is 31.2 Å². The molecule has 1 unspecified atom stereocenters. The van der Waals surface area contributed by atoms with E-state index in [0.717, 1.165) is 30.2 Å². The number of furan rings is 1. The second-order valence-electron chi connectivity index (χ2n) is 5.00. The lowest BCUT2D eigenvalue weighted by Crippen LogP contribution is -2.17. The highest BCUT2D eigenvalue weighted by Crippen LogP contribution is 2.17. The smallest absolute Gasteiger partial charge is 0.118 e. The zero-order valence-corrected chi connectivity index (χ0v) is 13.3. The number of aryl methyl sites for hydroxylation is 1. The minimum atomic E-state index is 0.329. The number of benzene rings is 1. The first-order chi connectivity index (χ1) is 9.72. The lowest BCUT2D eigenvalue weighted by Gasteiger charge is -2.13. The van der Waals surface area contributed by atoms with Gasteiger partial charge in [-0.05, 0) is 42.9 Å². The molecule has 0 spiro atoms. The van der Waals surface area contributed by atoms with Crippen molar-refractivity contribution in [1.82, 2.24) is 5.32 Å². The molecule has 0 amide bonds. The zero-order valence-electron chi connectivity index (χ0n) is 12.5. The van der Waals surface area contributed by atoms with Gasteiger partial charge in [-0.15, -0.1) is 0 Å². The van der Waals surface area contributed by atoms with Crippen molar-refractivity contribution < 1.29 is 4.42 Å². The summed E-state index contributed by atoms with van der Waals surface area (Å²) < 4.78 is 5.76. The van der Waals surface area contributed by atoms with Gasteiger partial charge in [0.1, 0.15) is 11.5 Å². The van der Waals surface area contributed by atoms with Gasteiger partial charge in [-0.2, -0.15) is 11.8 Å². The zero-order chi connectivity index (χ0) is 14.4. The van der Waals surface area contributed by atoms with Crippen LogP contribution in [0.2, 0.25) is 0 Å². The van der Waals surface area contributed by atoms with E-state index in [1.807, 2.05) is 0 Å². The van der Waals surface area contributed by atoms with Crippen LogP contribution in [0.5, 0.6) is 0 Å². The van der Waals surface area contributed by atoms with Crippen LogP contribution in [-0.4, -0.2) is 6.26 Å². The largest absolute Gasteiger partial charge is 0.464 e. The molecule has 0 saturated heterocycles. The summed E-state index contributed by atoms with van der Waals surface area (Å²) >= 11 is 1.78. The molecule has 0 saturated carbocycles. The van der Waals surface area contributed by atoms with Crippen LogP contribution in [0, 0.1) is 0 Å². The topological polar surface area (TPSA) is 25.2 Å². The lowest BCUT2D eigenvalue weighted by molar-refractivity contribution is 0.442. The van der Waals surface area contributed by atoms with Crippen LogP contribution in [0.4, 0.5) is 0 Å². The van der Waals surface area contributed by atoms with E-state index in [0.29, 0.717) is 6.04 Å². The number of hydrogen-bond donors (Lipinski definition) is 1. The molecule has 1 atom stereocenters. The molecule has 0 aliphatic rings. The average Bonchev–Trinajstić information content (AvgIpc) is 2.93. The van der Waals surface area contributed by atoms with Gasteiger partial charge in [0.05, 0.1) is 12.3 Å². The van der Waals surface area contributed by atoms with Crippen LogP contribution in [0.3, 0.4) is 0 Å². The van der Waals surface area contributed by atoms with E-state index in [-0.39, 0.29) is 0 Å². The Morgan fingerprint density at radius 2 is 1.80 bits per heavy atom. The second kappa shape index (κ2) is 7.55. The monoisotopic (exact) mass is 289 g/mol. The molecular formula is C17H23NOS. The molecule has 2 nitrogen and oxygen atoms in total. The maximum atomic E-state index is 5.76. The van der Waals surface area contributed by atoms with Crippen molar-refractivity contribution in [3.05, 3.63) is 59.0 Å². The Hall–Kier alpha value is -1.19. The van der Waals surface area contributed by atoms with Crippen molar-refractivity contribution in [2.45, 2.75) is 38.6 Å². The summed E-state index contributed by atoms with van der Waals surface area (Å²) in [6.07, 6.45) is 3.18. The number of thioether (sulfide) groups is 1. The first-order valence-corrected chi connectivity index (χ1v) is 8.51. The number of nitrogens with one attached hydrogen (secondary N) is 1. The molecule has 0 bridgehead atoms. The molecule has 20 heavy (non-hydrogen) atoms. The number of hydrogen-bond acceptors (Lipinski definition) is 3. The van der Waals surface area contributed by atoms with Crippen molar-refractivity contribution in [3.63, 3.8) is 0 Å². The van der Waals surface area contributed by atoms with Gasteiger partial charge in [0.25, 0.3) is 0 Å². The molecule has 0 radical (unpaired) electrons. The summed E-state index contributed by atoms with van der Waals surface area (Å²) in [4.78, 5) is 0. The van der Waals surface area contributed by atoms with Gasteiger partial charge < -0.3 is 9.73 Å². The Morgan fingerprint density at radius 3 is 2.45 bits per heavy atom. The standard InChI is InChI=1S/C17H23NOS/c1-4-14-5-7-15(8-6-14)13(2)18-11-16-9-10-17(19-16)12-20-3/h5-10,13,18H,4,11-12H2,1-3H3. The quantitative estimate of drug-likeness (QED) is 0.809. The van der Waals surface area contributed by atoms with E-state index in [9.17, 15) is 0 Å². The van der Waals surface area contributed by atoms with E-state index >= 15 is 0 Å². The summed E-state index contributed by atoms with van der Waals surface area (Å²) in [5.41, 5.74) is 2.70. The summed E-state index contributed by atoms with van der Waals surface area (Å²) in [5, 5.41) is 3.51. The van der Waals surface area contributed by atoms with Gasteiger partial charge in [0, 0.05) is 6.04 Å². The van der Waals surface area contributed by atoms with Crippen LogP contribution in [0.15, 0.2) is 40.8 Å². The molecule has 3 heteroatoms. The Balaban J connectivity index is 1.88. The fourth-order valence-corrected chi connectivity index (χ4v) is 2.59. The summed E-state index contributed by atoms with van der Waals surface area (Å²) in [6, 6.07) is 13.3. The fourth-order valence-electron chi connectivity index (χ4n) is 2.15. The summed E-state index contributed by atoms with van der Waals surface area (Å²) in [7, 11) is 0. The molecular weight excluding hydrogens is 266 g/mol. The van der Waals surface area contributed by atoms with Crippen molar-refractivity contribution in [1.29, 1.82) is 0 Å². The highest BCUT2D eigenvalue weighted by molar-refractivity contribution is 7.97. The SMILES string of the molecule is CCc1ccc(C(C)NCc2ccc(CSC)o2)cc1. The predicted molar refractivity (Wildman–Crippen MR) is 87.0 cm³/mol. The molecule has 1 N–H and O–H groups in total. The summed E-state index contributed by atoms with van der Waals surface area (Å²) in [6.45, 7) is 5.14. The minimum Gasteiger partial charge on any atom is -0.464 e. The Kier molecular flexibility index (Phi) is 5.74. The third kappa shape index (κ3) is 4.15. The third-order valence-corrected chi connectivity index (χ3v) is 4.05. The molecule has 1 aromatic heterocycles. The van der Waals surface area contributed by atoms with Crippen molar-refractivity contribution in [2.75, 3.05) is 6.26 Å². The molecule has 0 aliphatic heterocycles. The van der Waals surface area contributed by atoms with E-state index < -0.39 is 0 Å². The van der Waals surface area contributed by atoms with Gasteiger partial charge in [0.15, 0.2) is 0 Å². The minimum absolute atomic E-state index is 0.329. The van der Waals surface area contributed by atoms with Crippen LogP contribution >= 0.6 is 11.8 Å². The Bertz CT molecular complexity index is 518. The molecule has 0 fully saturated rings. The normalized spacial score (nSPS) is 12.6. The maximum absolute atomic E-state index is 5.76. The summed E-state index contributed by atoms with van der Waals surface area (Å²) in [5.74, 6) is 2.99.